The van der Waals surface area contributed by atoms with Crippen LogP contribution in [0.2, 0.25) is 0 Å². The molecule has 8 nitrogen and oxygen atoms in total. The Bertz CT molecular complexity index is 1560. The zero-order valence-corrected chi connectivity index (χ0v) is 19.2. The first-order chi connectivity index (χ1) is 16.6. The normalized spacial score (nSPS) is 14.7. The number of aromatic amines is 1. The minimum atomic E-state index is -4.18. The number of nitrogens with one attached hydrogen (secondary N) is 2. The lowest BCUT2D eigenvalue weighted by atomic mass is 9.99. The number of aliphatic hydroxyl groups is 1. The molecule has 0 unspecified atom stereocenters. The number of ketones is 1. The van der Waals surface area contributed by atoms with Gasteiger partial charge in [0.25, 0.3) is 0 Å². The van der Waals surface area contributed by atoms with E-state index in [1.165, 1.54) is 6.20 Å². The summed E-state index contributed by atoms with van der Waals surface area (Å²) in [6.07, 6.45) is 2.14. The van der Waals surface area contributed by atoms with Gasteiger partial charge in [-0.15, -0.1) is 0 Å². The molecule has 0 saturated carbocycles. The number of carbonyl (C=O) groups is 1. The van der Waals surface area contributed by atoms with Crippen LogP contribution in [0.4, 0.5) is 14.5 Å². The first kappa shape index (κ1) is 23.1. The van der Waals surface area contributed by atoms with Gasteiger partial charge in [0.15, 0.2) is 5.82 Å². The Morgan fingerprint density at radius 1 is 1.14 bits per heavy atom. The number of aliphatic hydroxyl groups excluding tert-OH is 1. The van der Waals surface area contributed by atoms with Crippen LogP contribution in [0.15, 0.2) is 54.9 Å². The second-order valence-electron chi connectivity index (χ2n) is 8.38. The smallest absolute Gasteiger partial charge is 0.301 e. The summed E-state index contributed by atoms with van der Waals surface area (Å²) in [7, 11) is -4.18. The Balaban J connectivity index is 1.52. The van der Waals surface area contributed by atoms with Crippen molar-refractivity contribution in [3.05, 3.63) is 83.2 Å². The van der Waals surface area contributed by atoms with Crippen molar-refractivity contribution < 1.29 is 27.1 Å². The maximum absolute atomic E-state index is 15.3. The van der Waals surface area contributed by atoms with E-state index in [9.17, 15) is 22.7 Å². The van der Waals surface area contributed by atoms with E-state index in [2.05, 4.69) is 9.97 Å². The average molecular weight is 499 g/mol. The van der Waals surface area contributed by atoms with Crippen LogP contribution < -0.4 is 4.72 Å². The number of nitrogens with zero attached hydrogens (tertiary/aromatic N) is 2. The highest BCUT2D eigenvalue weighted by Crippen LogP contribution is 2.30. The van der Waals surface area contributed by atoms with Crippen LogP contribution in [0, 0.1) is 18.6 Å². The highest BCUT2D eigenvalue weighted by molar-refractivity contribution is 7.90. The Kier molecular flexibility index (Phi) is 5.62. The minimum absolute atomic E-state index is 0.00914. The molecule has 11 heteroatoms. The summed E-state index contributed by atoms with van der Waals surface area (Å²) in [6, 6.07) is 11.1. The Morgan fingerprint density at radius 2 is 1.86 bits per heavy atom. The van der Waals surface area contributed by atoms with Crippen molar-refractivity contribution in [3.63, 3.8) is 0 Å². The lowest BCUT2D eigenvalue weighted by molar-refractivity contribution is 0.0552. The topological polar surface area (TPSA) is 115 Å². The molecule has 5 rings (SSSR count). The number of anilines is 1. The molecule has 1 fully saturated rings. The third kappa shape index (κ3) is 4.18. The molecule has 35 heavy (non-hydrogen) atoms. The maximum Gasteiger partial charge on any atom is 0.301 e. The predicted octanol–water partition coefficient (Wildman–Crippen LogP) is 3.38. The van der Waals surface area contributed by atoms with Crippen molar-refractivity contribution in [2.24, 2.45) is 0 Å². The summed E-state index contributed by atoms with van der Waals surface area (Å²) in [5, 5.41) is 9.71. The van der Waals surface area contributed by atoms with Gasteiger partial charge in [-0.2, -0.15) is 12.7 Å². The first-order valence-electron chi connectivity index (χ1n) is 10.7. The maximum atomic E-state index is 15.3. The molecule has 3 N–H and O–H groups in total. The van der Waals surface area contributed by atoms with Crippen LogP contribution in [0.1, 0.15) is 21.5 Å². The number of aryl methyl sites for hydroxylation is 1. The quantitative estimate of drug-likeness (QED) is 0.353. The summed E-state index contributed by atoms with van der Waals surface area (Å²) < 4.78 is 57.6. The van der Waals surface area contributed by atoms with Gasteiger partial charge in [-0.05, 0) is 30.7 Å². The number of hydrogen-bond donors (Lipinski definition) is 3. The fourth-order valence-corrected chi connectivity index (χ4v) is 5.19. The number of halogens is 2. The first-order valence-corrected chi connectivity index (χ1v) is 12.1. The van der Waals surface area contributed by atoms with Crippen molar-refractivity contribution in [1.82, 2.24) is 14.3 Å². The van der Waals surface area contributed by atoms with Gasteiger partial charge in [0, 0.05) is 42.0 Å². The molecule has 0 atom stereocenters. The van der Waals surface area contributed by atoms with Gasteiger partial charge < -0.3 is 10.1 Å². The number of H-pyrrole nitrogens is 1. The number of fused-ring (bicyclic) bond motifs is 1. The molecule has 0 radical (unpaired) electrons. The number of aromatic nitrogens is 2. The van der Waals surface area contributed by atoms with E-state index >= 15 is 4.39 Å². The molecule has 0 bridgehead atoms. The lowest BCUT2D eigenvalue weighted by Gasteiger charge is -2.34. The zero-order valence-electron chi connectivity index (χ0n) is 18.4. The van der Waals surface area contributed by atoms with Gasteiger partial charge in [0.1, 0.15) is 11.5 Å². The summed E-state index contributed by atoms with van der Waals surface area (Å²) in [5.41, 5.74) is 1.53. The van der Waals surface area contributed by atoms with Gasteiger partial charge >= 0.3 is 10.2 Å². The summed E-state index contributed by atoms with van der Waals surface area (Å²) in [5.74, 6) is -3.43. The van der Waals surface area contributed by atoms with Gasteiger partial charge in [0.2, 0.25) is 5.78 Å². The highest BCUT2D eigenvalue weighted by atomic mass is 32.2. The number of hydrogen-bond acceptors (Lipinski definition) is 5. The molecule has 1 saturated heterocycles. The van der Waals surface area contributed by atoms with Gasteiger partial charge in [-0.25, -0.2) is 13.8 Å². The Morgan fingerprint density at radius 3 is 2.54 bits per heavy atom. The molecular formula is C24H20F2N4O4S. The van der Waals surface area contributed by atoms with E-state index in [0.29, 0.717) is 16.6 Å². The molecule has 180 valence electrons. The fraction of sp³-hybridized carbons (Fsp3) is 0.167. The van der Waals surface area contributed by atoms with Crippen LogP contribution in [0.5, 0.6) is 0 Å². The molecule has 0 amide bonds. The van der Waals surface area contributed by atoms with Crippen molar-refractivity contribution in [2.75, 3.05) is 17.8 Å². The summed E-state index contributed by atoms with van der Waals surface area (Å²) in [6.45, 7) is 1.67. The number of pyridine rings is 1. The van der Waals surface area contributed by atoms with Crippen molar-refractivity contribution in [2.45, 2.75) is 13.0 Å². The van der Waals surface area contributed by atoms with Crippen LogP contribution in [0.3, 0.4) is 0 Å². The summed E-state index contributed by atoms with van der Waals surface area (Å²) >= 11 is 0. The largest absolute Gasteiger partial charge is 0.390 e. The third-order valence-corrected chi connectivity index (χ3v) is 7.34. The van der Waals surface area contributed by atoms with Crippen molar-refractivity contribution in [3.8, 4) is 11.1 Å². The Hall–Kier alpha value is -3.67. The highest BCUT2D eigenvalue weighted by Gasteiger charge is 2.35. The molecule has 2 aromatic heterocycles. The molecule has 1 aliphatic rings. The summed E-state index contributed by atoms with van der Waals surface area (Å²) in [4.78, 5) is 20.4. The lowest BCUT2D eigenvalue weighted by Crippen LogP contribution is -2.55. The van der Waals surface area contributed by atoms with E-state index in [4.69, 9.17) is 0 Å². The van der Waals surface area contributed by atoms with E-state index in [0.717, 1.165) is 27.6 Å². The van der Waals surface area contributed by atoms with E-state index in [-0.39, 0.29) is 18.7 Å². The predicted molar refractivity (Wildman–Crippen MR) is 126 cm³/mol. The molecule has 2 aromatic carbocycles. The van der Waals surface area contributed by atoms with Crippen LogP contribution >= 0.6 is 0 Å². The monoisotopic (exact) mass is 498 g/mol. The van der Waals surface area contributed by atoms with E-state index in [1.807, 2.05) is 35.9 Å². The van der Waals surface area contributed by atoms with Crippen molar-refractivity contribution >= 4 is 32.7 Å². The van der Waals surface area contributed by atoms with Crippen LogP contribution in [-0.2, 0) is 10.2 Å². The molecule has 0 aliphatic carbocycles. The van der Waals surface area contributed by atoms with Crippen LogP contribution in [0.25, 0.3) is 22.2 Å². The number of benzene rings is 2. The van der Waals surface area contributed by atoms with Gasteiger partial charge in [-0.3, -0.25) is 9.52 Å². The molecule has 1 aliphatic heterocycles. The number of β-amino-alcohol motifs (C(OH)–C–C–N with tert-alkyl or cyclic N) is 1. The third-order valence-electron chi connectivity index (χ3n) is 5.89. The molecular weight excluding hydrogens is 478 g/mol. The van der Waals surface area contributed by atoms with Crippen molar-refractivity contribution in [1.29, 1.82) is 0 Å². The van der Waals surface area contributed by atoms with E-state index < -0.39 is 45.0 Å². The number of carbonyl (C=O) groups excluding carboxylic acids is 1. The number of rotatable bonds is 6. The standard InChI is InChI=1S/C24H20F2N4O4S/c1-13-2-4-14(5-3-13)15-8-17-18(10-28-24(17)27-9-15)23(32)21-19(25)6-7-20(22(21)26)29-35(33,34)30-11-16(31)12-30/h2-10,16,29,31H,11-12H2,1H3,(H,27,28). The van der Waals surface area contributed by atoms with Gasteiger partial charge in [0.05, 0.1) is 17.4 Å². The SMILES string of the molecule is Cc1ccc(-c2cnc3[nH]cc(C(=O)c4c(F)ccc(NS(=O)(=O)N5CC(O)C5)c4F)c3c2)cc1. The second kappa shape index (κ2) is 8.52. The molecule has 4 aromatic rings. The molecule has 0 spiro atoms. The Labute approximate surface area is 199 Å². The van der Waals surface area contributed by atoms with Crippen LogP contribution in [-0.4, -0.2) is 52.8 Å². The van der Waals surface area contributed by atoms with E-state index in [1.54, 1.807) is 12.3 Å². The average Bonchev–Trinajstić information content (AvgIpc) is 3.22. The fourth-order valence-electron chi connectivity index (χ4n) is 3.89. The zero-order chi connectivity index (χ0) is 24.9. The molecule has 3 heterocycles. The minimum Gasteiger partial charge on any atom is -0.390 e. The second-order valence-corrected chi connectivity index (χ2v) is 10.1. The van der Waals surface area contributed by atoms with Gasteiger partial charge in [-0.1, -0.05) is 29.8 Å².